The van der Waals surface area contributed by atoms with Crippen LogP contribution in [0.3, 0.4) is 0 Å². The van der Waals surface area contributed by atoms with Gasteiger partial charge in [0.25, 0.3) is 0 Å². The summed E-state index contributed by atoms with van der Waals surface area (Å²) in [7, 11) is 2.10. The summed E-state index contributed by atoms with van der Waals surface area (Å²) in [5.74, 6) is 0. The van der Waals surface area contributed by atoms with Crippen LogP contribution in [0.5, 0.6) is 0 Å². The molecular formula is C17H19N3. The normalized spacial score (nSPS) is 12.7. The van der Waals surface area contributed by atoms with E-state index in [1.807, 2.05) is 12.4 Å². The van der Waals surface area contributed by atoms with E-state index in [-0.39, 0.29) is 0 Å². The van der Waals surface area contributed by atoms with E-state index in [0.717, 1.165) is 6.54 Å². The molecule has 0 aliphatic heterocycles. The highest BCUT2D eigenvalue weighted by molar-refractivity contribution is 5.83. The van der Waals surface area contributed by atoms with Gasteiger partial charge in [-0.25, -0.2) is 0 Å². The second-order valence-corrected chi connectivity index (χ2v) is 5.17. The van der Waals surface area contributed by atoms with Gasteiger partial charge in [0.2, 0.25) is 0 Å². The molecule has 0 amide bonds. The van der Waals surface area contributed by atoms with Crippen LogP contribution in [0.2, 0.25) is 0 Å². The Morgan fingerprint density at radius 3 is 2.70 bits per heavy atom. The smallest absolute Gasteiger partial charge is 0.0481 e. The number of rotatable bonds is 4. The molecule has 2 aromatic heterocycles. The van der Waals surface area contributed by atoms with Gasteiger partial charge in [-0.1, -0.05) is 18.2 Å². The Balaban J connectivity index is 1.77. The zero-order chi connectivity index (χ0) is 13.9. The van der Waals surface area contributed by atoms with Crippen molar-refractivity contribution in [3.8, 4) is 0 Å². The van der Waals surface area contributed by atoms with Gasteiger partial charge in [0.05, 0.1) is 0 Å². The van der Waals surface area contributed by atoms with Gasteiger partial charge < -0.3 is 9.88 Å². The first-order valence-corrected chi connectivity index (χ1v) is 6.92. The van der Waals surface area contributed by atoms with Crippen LogP contribution in [0.1, 0.15) is 24.1 Å². The van der Waals surface area contributed by atoms with Crippen molar-refractivity contribution >= 4 is 10.9 Å². The summed E-state index contributed by atoms with van der Waals surface area (Å²) in [5, 5.41) is 4.90. The average Bonchev–Trinajstić information content (AvgIpc) is 2.83. The monoisotopic (exact) mass is 265 g/mol. The summed E-state index contributed by atoms with van der Waals surface area (Å²) in [4.78, 5) is 4.06. The molecule has 3 rings (SSSR count). The molecule has 1 atom stereocenters. The van der Waals surface area contributed by atoms with Crippen molar-refractivity contribution in [2.24, 2.45) is 7.05 Å². The Bertz CT molecular complexity index is 701. The van der Waals surface area contributed by atoms with E-state index in [4.69, 9.17) is 0 Å². The summed E-state index contributed by atoms with van der Waals surface area (Å²) in [5.41, 5.74) is 3.88. The van der Waals surface area contributed by atoms with Crippen LogP contribution in [0.4, 0.5) is 0 Å². The number of hydrogen-bond acceptors (Lipinski definition) is 2. The first-order chi connectivity index (χ1) is 9.75. The quantitative estimate of drug-likeness (QED) is 0.783. The molecule has 3 heteroatoms. The van der Waals surface area contributed by atoms with Crippen LogP contribution < -0.4 is 5.32 Å². The van der Waals surface area contributed by atoms with Crippen molar-refractivity contribution in [2.45, 2.75) is 19.5 Å². The van der Waals surface area contributed by atoms with Gasteiger partial charge in [-0.2, -0.15) is 0 Å². The van der Waals surface area contributed by atoms with E-state index in [9.17, 15) is 0 Å². The zero-order valence-electron chi connectivity index (χ0n) is 11.9. The van der Waals surface area contributed by atoms with E-state index in [1.54, 1.807) is 0 Å². The van der Waals surface area contributed by atoms with Gasteiger partial charge in [0.15, 0.2) is 0 Å². The fourth-order valence-electron chi connectivity index (χ4n) is 2.60. The molecule has 0 unspecified atom stereocenters. The maximum atomic E-state index is 4.06. The van der Waals surface area contributed by atoms with Crippen molar-refractivity contribution in [3.63, 3.8) is 0 Å². The predicted molar refractivity (Wildman–Crippen MR) is 82.4 cm³/mol. The number of nitrogens with one attached hydrogen (secondary N) is 1. The molecule has 0 saturated heterocycles. The molecule has 0 saturated carbocycles. The lowest BCUT2D eigenvalue weighted by molar-refractivity contribution is 0.575. The molecule has 1 N–H and O–H groups in total. The molecule has 102 valence electrons. The van der Waals surface area contributed by atoms with E-state index in [2.05, 4.69) is 71.4 Å². The standard InChI is InChI=1S/C17H19N3/c1-13(14-7-9-18-10-8-14)19-11-15-12-20(2)17-6-4-3-5-16(15)17/h3-10,12-13,19H,11H2,1-2H3/t13-/m1/s1. The highest BCUT2D eigenvalue weighted by Gasteiger charge is 2.08. The van der Waals surface area contributed by atoms with E-state index >= 15 is 0 Å². The minimum atomic E-state index is 0.317. The Morgan fingerprint density at radius 2 is 1.90 bits per heavy atom. The molecule has 0 fully saturated rings. The Hall–Kier alpha value is -2.13. The summed E-state index contributed by atoms with van der Waals surface area (Å²) in [6, 6.07) is 12.9. The first kappa shape index (κ1) is 12.9. The number of para-hydroxylation sites is 1. The second-order valence-electron chi connectivity index (χ2n) is 5.17. The lowest BCUT2D eigenvalue weighted by atomic mass is 10.1. The number of benzene rings is 1. The summed E-state index contributed by atoms with van der Waals surface area (Å²) in [6.07, 6.45) is 5.88. The van der Waals surface area contributed by atoms with Crippen LogP contribution in [-0.2, 0) is 13.6 Å². The Kier molecular flexibility index (Phi) is 3.52. The van der Waals surface area contributed by atoms with Crippen molar-refractivity contribution in [2.75, 3.05) is 0 Å². The molecule has 0 aliphatic carbocycles. The van der Waals surface area contributed by atoms with Gasteiger partial charge in [-0.05, 0) is 36.2 Å². The van der Waals surface area contributed by atoms with Crippen molar-refractivity contribution in [3.05, 3.63) is 66.1 Å². The van der Waals surface area contributed by atoms with E-state index in [0.29, 0.717) is 6.04 Å². The predicted octanol–water partition coefficient (Wildman–Crippen LogP) is 3.42. The van der Waals surface area contributed by atoms with Crippen molar-refractivity contribution < 1.29 is 0 Å². The van der Waals surface area contributed by atoms with Gasteiger partial charge in [-0.15, -0.1) is 0 Å². The maximum absolute atomic E-state index is 4.06. The van der Waals surface area contributed by atoms with Crippen LogP contribution in [0, 0.1) is 0 Å². The SMILES string of the molecule is C[C@@H](NCc1cn(C)c2ccccc12)c1ccncc1. The fraction of sp³-hybridized carbons (Fsp3) is 0.235. The number of hydrogen-bond donors (Lipinski definition) is 1. The van der Waals surface area contributed by atoms with Crippen LogP contribution in [0.25, 0.3) is 10.9 Å². The fourth-order valence-corrected chi connectivity index (χ4v) is 2.60. The highest BCUT2D eigenvalue weighted by Crippen LogP contribution is 2.21. The van der Waals surface area contributed by atoms with E-state index < -0.39 is 0 Å². The molecule has 2 heterocycles. The van der Waals surface area contributed by atoms with Gasteiger partial charge in [-0.3, -0.25) is 4.98 Å². The number of aromatic nitrogens is 2. The number of fused-ring (bicyclic) bond motifs is 1. The van der Waals surface area contributed by atoms with Gasteiger partial charge in [0, 0.05) is 49.1 Å². The molecule has 0 spiro atoms. The Labute approximate surface area is 119 Å². The molecule has 0 aliphatic rings. The lowest BCUT2D eigenvalue weighted by Crippen LogP contribution is -2.17. The van der Waals surface area contributed by atoms with Crippen LogP contribution >= 0.6 is 0 Å². The minimum absolute atomic E-state index is 0.317. The number of pyridine rings is 1. The van der Waals surface area contributed by atoms with Crippen molar-refractivity contribution in [1.29, 1.82) is 0 Å². The summed E-state index contributed by atoms with van der Waals surface area (Å²) in [6.45, 7) is 3.05. The molecule has 1 aromatic carbocycles. The summed E-state index contributed by atoms with van der Waals surface area (Å²) >= 11 is 0. The minimum Gasteiger partial charge on any atom is -0.350 e. The van der Waals surface area contributed by atoms with Gasteiger partial charge in [0.1, 0.15) is 0 Å². The number of nitrogens with zero attached hydrogens (tertiary/aromatic N) is 2. The molecule has 0 radical (unpaired) electrons. The second kappa shape index (κ2) is 5.47. The largest absolute Gasteiger partial charge is 0.350 e. The highest BCUT2D eigenvalue weighted by atomic mass is 14.9. The molecule has 20 heavy (non-hydrogen) atoms. The number of aryl methyl sites for hydroxylation is 1. The third-order valence-corrected chi connectivity index (χ3v) is 3.78. The first-order valence-electron chi connectivity index (χ1n) is 6.92. The maximum Gasteiger partial charge on any atom is 0.0481 e. The molecular weight excluding hydrogens is 246 g/mol. The lowest BCUT2D eigenvalue weighted by Gasteiger charge is -2.13. The molecule has 3 nitrogen and oxygen atoms in total. The van der Waals surface area contributed by atoms with E-state index in [1.165, 1.54) is 22.0 Å². The topological polar surface area (TPSA) is 29.9 Å². The van der Waals surface area contributed by atoms with Crippen molar-refractivity contribution in [1.82, 2.24) is 14.9 Å². The zero-order valence-corrected chi connectivity index (χ0v) is 11.9. The van der Waals surface area contributed by atoms with Gasteiger partial charge >= 0.3 is 0 Å². The third-order valence-electron chi connectivity index (χ3n) is 3.78. The average molecular weight is 265 g/mol. The Morgan fingerprint density at radius 1 is 1.15 bits per heavy atom. The van der Waals surface area contributed by atoms with Crippen LogP contribution in [-0.4, -0.2) is 9.55 Å². The third kappa shape index (κ3) is 2.45. The van der Waals surface area contributed by atoms with Crippen LogP contribution in [0.15, 0.2) is 55.0 Å². The summed E-state index contributed by atoms with van der Waals surface area (Å²) < 4.78 is 2.18. The molecule has 3 aromatic rings. The molecule has 0 bridgehead atoms.